The van der Waals surface area contributed by atoms with Crippen LogP contribution in [-0.2, 0) is 9.59 Å². The minimum atomic E-state index is -1.04. The summed E-state index contributed by atoms with van der Waals surface area (Å²) in [6.45, 7) is 0. The van der Waals surface area contributed by atoms with Crippen molar-refractivity contribution in [2.24, 2.45) is 0 Å². The van der Waals surface area contributed by atoms with Crippen LogP contribution in [0.1, 0.15) is 12.8 Å². The predicted molar refractivity (Wildman–Crippen MR) is 89.1 cm³/mol. The van der Waals surface area contributed by atoms with Gasteiger partial charge in [0, 0.05) is 17.2 Å². The molecule has 8 heteroatoms. The average molecular weight is 344 g/mol. The van der Waals surface area contributed by atoms with Gasteiger partial charge in [-0.25, -0.2) is 9.78 Å². The summed E-state index contributed by atoms with van der Waals surface area (Å²) in [7, 11) is 0. The van der Waals surface area contributed by atoms with E-state index in [0.29, 0.717) is 22.0 Å². The Morgan fingerprint density at radius 3 is 2.83 bits per heavy atom. The predicted octanol–water partition coefficient (Wildman–Crippen LogP) is 2.72. The minimum Gasteiger partial charge on any atom is -0.481 e. The van der Waals surface area contributed by atoms with Gasteiger partial charge in [-0.2, -0.15) is 0 Å². The average Bonchev–Trinajstić information content (AvgIpc) is 3.00. The van der Waals surface area contributed by atoms with Crippen LogP contribution in [0.25, 0.3) is 22.2 Å². The summed E-state index contributed by atoms with van der Waals surface area (Å²) in [4.78, 5) is 38.4. The van der Waals surface area contributed by atoms with Crippen molar-refractivity contribution in [3.63, 3.8) is 0 Å². The van der Waals surface area contributed by atoms with Gasteiger partial charge in [0.1, 0.15) is 5.58 Å². The maximum Gasteiger partial charge on any atom is 0.345 e. The molecule has 0 unspecified atom stereocenters. The van der Waals surface area contributed by atoms with Gasteiger partial charge < -0.3 is 14.8 Å². The number of benzene rings is 1. The van der Waals surface area contributed by atoms with E-state index in [1.165, 1.54) is 0 Å². The third-order valence-corrected chi connectivity index (χ3v) is 3.99. The van der Waals surface area contributed by atoms with Crippen molar-refractivity contribution in [3.05, 3.63) is 46.1 Å². The molecule has 3 aromatic rings. The molecule has 0 saturated carbocycles. The monoisotopic (exact) mass is 344 g/mol. The summed E-state index contributed by atoms with van der Waals surface area (Å²) in [6, 6.07) is 8.82. The number of carbonyl (C=O) groups excluding carboxylic acids is 1. The maximum absolute atomic E-state index is 12.1. The maximum atomic E-state index is 12.1. The zero-order valence-electron chi connectivity index (χ0n) is 12.3. The van der Waals surface area contributed by atoms with Crippen molar-refractivity contribution < 1.29 is 19.1 Å². The fourth-order valence-electron chi connectivity index (χ4n) is 2.10. The molecule has 122 valence electrons. The fraction of sp³-hybridized carbons (Fsp3) is 0.125. The molecule has 1 aromatic carbocycles. The number of amides is 1. The lowest BCUT2D eigenvalue weighted by Gasteiger charge is -2.00. The van der Waals surface area contributed by atoms with Crippen LogP contribution in [0.15, 0.2) is 44.9 Å². The van der Waals surface area contributed by atoms with Crippen LogP contribution in [0, 0.1) is 0 Å². The summed E-state index contributed by atoms with van der Waals surface area (Å²) >= 11 is 1.15. The fourth-order valence-corrected chi connectivity index (χ4v) is 2.82. The number of aliphatic carboxylic acids is 1. The number of thiazole rings is 1. The molecule has 24 heavy (non-hydrogen) atoms. The van der Waals surface area contributed by atoms with E-state index in [1.807, 2.05) is 12.1 Å². The van der Waals surface area contributed by atoms with E-state index in [9.17, 15) is 14.4 Å². The molecule has 0 atom stereocenters. The lowest BCUT2D eigenvalue weighted by molar-refractivity contribution is -0.138. The lowest BCUT2D eigenvalue weighted by atomic mass is 10.1. The molecular weight excluding hydrogens is 332 g/mol. The van der Waals surface area contributed by atoms with E-state index in [1.54, 1.807) is 23.6 Å². The van der Waals surface area contributed by atoms with Gasteiger partial charge in [0.05, 0.1) is 17.7 Å². The van der Waals surface area contributed by atoms with Crippen molar-refractivity contribution in [1.29, 1.82) is 0 Å². The topological polar surface area (TPSA) is 110 Å². The Morgan fingerprint density at radius 1 is 1.25 bits per heavy atom. The smallest absolute Gasteiger partial charge is 0.345 e. The van der Waals surface area contributed by atoms with Crippen molar-refractivity contribution >= 4 is 39.3 Å². The molecule has 0 spiro atoms. The second kappa shape index (κ2) is 6.63. The van der Waals surface area contributed by atoms with Crippen molar-refractivity contribution in [1.82, 2.24) is 4.98 Å². The Morgan fingerprint density at radius 2 is 2.04 bits per heavy atom. The molecule has 2 heterocycles. The number of rotatable bonds is 5. The van der Waals surface area contributed by atoms with Crippen molar-refractivity contribution in [3.8, 4) is 11.3 Å². The van der Waals surface area contributed by atoms with Crippen LogP contribution in [-0.4, -0.2) is 22.0 Å². The molecule has 3 rings (SSSR count). The Labute approximate surface area is 139 Å². The number of hydrogen-bond donors (Lipinski definition) is 2. The number of aromatic nitrogens is 1. The minimum absolute atomic E-state index is 0.137. The normalized spacial score (nSPS) is 10.7. The molecular formula is C16H12N2O5S. The number of anilines is 1. The van der Waals surface area contributed by atoms with Gasteiger partial charge in [-0.3, -0.25) is 9.59 Å². The molecule has 2 aromatic heterocycles. The molecule has 0 aliphatic rings. The van der Waals surface area contributed by atoms with Gasteiger partial charge >= 0.3 is 11.6 Å². The van der Waals surface area contributed by atoms with Gasteiger partial charge in [0.25, 0.3) is 0 Å². The molecule has 0 aliphatic carbocycles. The highest BCUT2D eigenvalue weighted by molar-refractivity contribution is 7.14. The number of carboxylic acid groups (broad SMARTS) is 1. The zero-order chi connectivity index (χ0) is 17.1. The lowest BCUT2D eigenvalue weighted by Crippen LogP contribution is -2.13. The first-order valence-corrected chi connectivity index (χ1v) is 7.91. The SMILES string of the molecule is O=C(O)CCC(=O)Nc1nc(-c2cc3ccccc3oc2=O)cs1. The summed E-state index contributed by atoms with van der Waals surface area (Å²) < 4.78 is 5.26. The van der Waals surface area contributed by atoms with Crippen LogP contribution in [0.2, 0.25) is 0 Å². The van der Waals surface area contributed by atoms with Gasteiger partial charge in [-0.05, 0) is 12.1 Å². The first kappa shape index (κ1) is 15.9. The number of para-hydroxylation sites is 1. The molecule has 0 fully saturated rings. The van der Waals surface area contributed by atoms with Gasteiger partial charge in [0.15, 0.2) is 5.13 Å². The molecule has 7 nitrogen and oxygen atoms in total. The summed E-state index contributed by atoms with van der Waals surface area (Å²) in [5.74, 6) is -1.48. The van der Waals surface area contributed by atoms with Crippen LogP contribution in [0.5, 0.6) is 0 Å². The Balaban J connectivity index is 1.83. The van der Waals surface area contributed by atoms with E-state index in [2.05, 4.69) is 10.3 Å². The third kappa shape index (κ3) is 3.49. The highest BCUT2D eigenvalue weighted by Gasteiger charge is 2.13. The van der Waals surface area contributed by atoms with E-state index in [4.69, 9.17) is 9.52 Å². The van der Waals surface area contributed by atoms with Crippen LogP contribution < -0.4 is 10.9 Å². The molecule has 1 amide bonds. The van der Waals surface area contributed by atoms with Crippen LogP contribution in [0.3, 0.4) is 0 Å². The van der Waals surface area contributed by atoms with Crippen LogP contribution in [0.4, 0.5) is 5.13 Å². The first-order valence-electron chi connectivity index (χ1n) is 7.03. The second-order valence-electron chi connectivity index (χ2n) is 4.97. The standard InChI is InChI=1S/C16H12N2O5S/c19-13(5-6-14(20)21)18-16-17-11(8-24-16)10-7-9-3-1-2-4-12(9)23-15(10)22/h1-4,7-8H,5-6H2,(H,20,21)(H,17,18,19). The van der Waals surface area contributed by atoms with Gasteiger partial charge in [-0.15, -0.1) is 11.3 Å². The second-order valence-corrected chi connectivity index (χ2v) is 5.82. The van der Waals surface area contributed by atoms with Gasteiger partial charge in [0.2, 0.25) is 5.91 Å². The Bertz CT molecular complexity index is 976. The molecule has 2 N–H and O–H groups in total. The van der Waals surface area contributed by atoms with E-state index in [-0.39, 0.29) is 12.8 Å². The number of carbonyl (C=O) groups is 2. The number of carboxylic acids is 1. The highest BCUT2D eigenvalue weighted by atomic mass is 32.1. The van der Waals surface area contributed by atoms with Crippen LogP contribution >= 0.6 is 11.3 Å². The van der Waals surface area contributed by atoms with E-state index in [0.717, 1.165) is 16.7 Å². The van der Waals surface area contributed by atoms with E-state index >= 15 is 0 Å². The quantitative estimate of drug-likeness (QED) is 0.689. The molecule has 0 bridgehead atoms. The number of nitrogens with one attached hydrogen (secondary N) is 1. The number of nitrogens with zero attached hydrogens (tertiary/aromatic N) is 1. The van der Waals surface area contributed by atoms with Crippen molar-refractivity contribution in [2.45, 2.75) is 12.8 Å². The Kier molecular flexibility index (Phi) is 4.39. The first-order chi connectivity index (χ1) is 11.5. The summed E-state index contributed by atoms with van der Waals surface area (Å²) in [5.41, 5.74) is 0.676. The number of fused-ring (bicyclic) bond motifs is 1. The van der Waals surface area contributed by atoms with Crippen molar-refractivity contribution in [2.75, 3.05) is 5.32 Å². The molecule has 0 radical (unpaired) electrons. The highest BCUT2D eigenvalue weighted by Crippen LogP contribution is 2.25. The molecule has 0 saturated heterocycles. The summed E-state index contributed by atoms with van der Waals surface area (Å²) in [6.07, 6.45) is -0.388. The molecule has 0 aliphatic heterocycles. The largest absolute Gasteiger partial charge is 0.481 e. The van der Waals surface area contributed by atoms with Gasteiger partial charge in [-0.1, -0.05) is 18.2 Å². The van der Waals surface area contributed by atoms with E-state index < -0.39 is 17.5 Å². The zero-order valence-corrected chi connectivity index (χ0v) is 13.1. The third-order valence-electron chi connectivity index (χ3n) is 3.23. The summed E-state index contributed by atoms with van der Waals surface area (Å²) in [5, 5.41) is 13.8. The number of hydrogen-bond acceptors (Lipinski definition) is 6. The Hall–Kier alpha value is -3.00.